The Morgan fingerprint density at radius 3 is 2.21 bits per heavy atom. The van der Waals surface area contributed by atoms with Gasteiger partial charge in [-0.2, -0.15) is 0 Å². The van der Waals surface area contributed by atoms with Crippen LogP contribution in [0.2, 0.25) is 0 Å². The first-order chi connectivity index (χ1) is 11.3. The van der Waals surface area contributed by atoms with Gasteiger partial charge in [0.1, 0.15) is 0 Å². The molecule has 1 saturated carbocycles. The van der Waals surface area contributed by atoms with Gasteiger partial charge in [-0.05, 0) is 87.6 Å². The normalized spacial score (nSPS) is 21.4. The third kappa shape index (κ3) is 5.72. The molecule has 0 atom stereocenters. The molecule has 3 N–H and O–H groups in total. The maximum Gasteiger partial charge on any atom is 0.404 e. The Morgan fingerprint density at radius 2 is 1.67 bits per heavy atom. The van der Waals surface area contributed by atoms with Crippen molar-refractivity contribution in [1.29, 1.82) is 0 Å². The highest BCUT2D eigenvalue weighted by Gasteiger charge is 2.23. The summed E-state index contributed by atoms with van der Waals surface area (Å²) in [7, 11) is -3.52. The number of sulfonamides is 1. The summed E-state index contributed by atoms with van der Waals surface area (Å²) in [6, 6.07) is 4.83. The first-order valence-corrected chi connectivity index (χ1v) is 10.8. The molecule has 0 heterocycles. The Hall–Kier alpha value is -0.640. The molecular weight excluding hydrogens is 464 g/mol. The molecular formula is C15H20Br2N2O4S. The molecule has 0 radical (unpaired) electrons. The Bertz CT molecular complexity index is 689. The molecule has 6 nitrogen and oxygen atoms in total. The summed E-state index contributed by atoms with van der Waals surface area (Å²) in [5.41, 5.74) is 0. The summed E-state index contributed by atoms with van der Waals surface area (Å²) in [5, 5.41) is 11.0. The van der Waals surface area contributed by atoms with Crippen molar-refractivity contribution in [3.63, 3.8) is 0 Å². The first kappa shape index (κ1) is 19.7. The predicted octanol–water partition coefficient (Wildman–Crippen LogP) is 3.56. The van der Waals surface area contributed by atoms with Crippen LogP contribution in [0.4, 0.5) is 4.79 Å². The van der Waals surface area contributed by atoms with Crippen molar-refractivity contribution in [2.75, 3.05) is 13.1 Å². The lowest BCUT2D eigenvalue weighted by molar-refractivity contribution is 0.188. The molecule has 9 heteroatoms. The molecule has 24 heavy (non-hydrogen) atoms. The van der Waals surface area contributed by atoms with Crippen LogP contribution in [0.3, 0.4) is 0 Å². The Morgan fingerprint density at radius 1 is 1.08 bits per heavy atom. The van der Waals surface area contributed by atoms with Crippen LogP contribution in [-0.4, -0.2) is 32.7 Å². The van der Waals surface area contributed by atoms with Gasteiger partial charge in [-0.1, -0.05) is 0 Å². The van der Waals surface area contributed by atoms with Crippen molar-refractivity contribution < 1.29 is 18.3 Å². The van der Waals surface area contributed by atoms with E-state index in [0.717, 1.165) is 30.2 Å². The monoisotopic (exact) mass is 482 g/mol. The van der Waals surface area contributed by atoms with Gasteiger partial charge >= 0.3 is 6.09 Å². The molecule has 0 spiro atoms. The molecule has 1 aliphatic carbocycles. The van der Waals surface area contributed by atoms with Crippen LogP contribution in [0.25, 0.3) is 0 Å². The number of hydrogen-bond acceptors (Lipinski definition) is 3. The summed E-state index contributed by atoms with van der Waals surface area (Å²) in [6.45, 7) is 0.885. The predicted molar refractivity (Wildman–Crippen MR) is 98.5 cm³/mol. The molecule has 0 aliphatic heterocycles. The molecule has 0 saturated heterocycles. The fourth-order valence-electron chi connectivity index (χ4n) is 2.83. The maximum atomic E-state index is 12.4. The Balaban J connectivity index is 1.83. The second kappa shape index (κ2) is 8.64. The van der Waals surface area contributed by atoms with E-state index in [2.05, 4.69) is 41.9 Å². The average molecular weight is 484 g/mol. The number of nitrogens with one attached hydrogen (secondary N) is 2. The van der Waals surface area contributed by atoms with Gasteiger partial charge in [0.25, 0.3) is 0 Å². The molecule has 1 fully saturated rings. The van der Waals surface area contributed by atoms with Crippen LogP contribution in [-0.2, 0) is 10.0 Å². The van der Waals surface area contributed by atoms with Crippen molar-refractivity contribution in [3.05, 3.63) is 27.1 Å². The Kier molecular flexibility index (Phi) is 7.09. The van der Waals surface area contributed by atoms with E-state index in [1.807, 2.05) is 0 Å². The topological polar surface area (TPSA) is 95.5 Å². The summed E-state index contributed by atoms with van der Waals surface area (Å²) < 4.78 is 28.9. The number of rotatable bonds is 6. The lowest BCUT2D eigenvalue weighted by atomic mass is 9.82. The van der Waals surface area contributed by atoms with E-state index >= 15 is 0 Å². The SMILES string of the molecule is O=C(O)NC[C@H]1CC[C@H](CNS(=O)(=O)c2ccc(Br)c(Br)c2)CC1. The quantitative estimate of drug-likeness (QED) is 0.576. The van der Waals surface area contributed by atoms with E-state index in [1.54, 1.807) is 18.2 Å². The fraction of sp³-hybridized carbons (Fsp3) is 0.533. The number of benzene rings is 1. The van der Waals surface area contributed by atoms with Gasteiger partial charge < -0.3 is 10.4 Å². The minimum absolute atomic E-state index is 0.233. The van der Waals surface area contributed by atoms with Gasteiger partial charge in [-0.25, -0.2) is 17.9 Å². The number of carboxylic acid groups (broad SMARTS) is 1. The largest absolute Gasteiger partial charge is 0.465 e. The van der Waals surface area contributed by atoms with E-state index in [0.29, 0.717) is 29.4 Å². The van der Waals surface area contributed by atoms with Crippen LogP contribution >= 0.6 is 31.9 Å². The van der Waals surface area contributed by atoms with Gasteiger partial charge in [-0.3, -0.25) is 0 Å². The zero-order chi connectivity index (χ0) is 17.7. The van der Waals surface area contributed by atoms with Crippen LogP contribution in [0, 0.1) is 11.8 Å². The van der Waals surface area contributed by atoms with Crippen molar-refractivity contribution in [1.82, 2.24) is 10.0 Å². The van der Waals surface area contributed by atoms with Gasteiger partial charge in [0.05, 0.1) is 4.90 Å². The van der Waals surface area contributed by atoms with Crippen LogP contribution in [0.5, 0.6) is 0 Å². The van der Waals surface area contributed by atoms with Crippen molar-refractivity contribution in [2.24, 2.45) is 11.8 Å². The van der Waals surface area contributed by atoms with E-state index in [4.69, 9.17) is 5.11 Å². The summed E-state index contributed by atoms with van der Waals surface area (Å²) >= 11 is 6.63. The molecule has 1 amide bonds. The van der Waals surface area contributed by atoms with Crippen LogP contribution < -0.4 is 10.0 Å². The van der Waals surface area contributed by atoms with E-state index in [1.165, 1.54) is 0 Å². The second-order valence-corrected chi connectivity index (χ2v) is 9.48. The Labute approximate surface area is 158 Å². The summed E-state index contributed by atoms with van der Waals surface area (Å²) in [6.07, 6.45) is 2.63. The first-order valence-electron chi connectivity index (χ1n) is 7.69. The maximum absolute atomic E-state index is 12.4. The highest BCUT2D eigenvalue weighted by molar-refractivity contribution is 9.13. The molecule has 2 rings (SSSR count). The average Bonchev–Trinajstić information content (AvgIpc) is 2.54. The highest BCUT2D eigenvalue weighted by atomic mass is 79.9. The van der Waals surface area contributed by atoms with Gasteiger partial charge in [0.15, 0.2) is 0 Å². The standard InChI is InChI=1S/C15H20Br2N2O4S/c16-13-6-5-12(7-14(13)17)24(22,23)19-9-11-3-1-10(2-4-11)8-18-15(20)21/h5-7,10-11,18-19H,1-4,8-9H2,(H,20,21)/t10-,11-. The van der Waals surface area contributed by atoms with Crippen molar-refractivity contribution in [3.8, 4) is 0 Å². The minimum Gasteiger partial charge on any atom is -0.465 e. The summed E-state index contributed by atoms with van der Waals surface area (Å²) in [4.78, 5) is 10.7. The molecule has 1 aromatic rings. The fourth-order valence-corrected chi connectivity index (χ4v) is 4.75. The molecule has 0 unspecified atom stereocenters. The van der Waals surface area contributed by atoms with Gasteiger partial charge in [0, 0.05) is 22.0 Å². The van der Waals surface area contributed by atoms with E-state index < -0.39 is 16.1 Å². The molecule has 1 aromatic carbocycles. The summed E-state index contributed by atoms with van der Waals surface area (Å²) in [5.74, 6) is 0.635. The zero-order valence-electron chi connectivity index (χ0n) is 13.0. The number of amides is 1. The third-order valence-corrected chi connectivity index (χ3v) is 7.57. The lowest BCUT2D eigenvalue weighted by Gasteiger charge is -2.28. The van der Waals surface area contributed by atoms with Crippen LogP contribution in [0.1, 0.15) is 25.7 Å². The lowest BCUT2D eigenvalue weighted by Crippen LogP contribution is -2.34. The van der Waals surface area contributed by atoms with Crippen molar-refractivity contribution >= 4 is 48.0 Å². The number of hydrogen-bond donors (Lipinski definition) is 3. The third-order valence-electron chi connectivity index (χ3n) is 4.27. The molecule has 0 bridgehead atoms. The molecule has 134 valence electrons. The number of halogens is 2. The molecule has 0 aromatic heterocycles. The van der Waals surface area contributed by atoms with E-state index in [-0.39, 0.29) is 4.90 Å². The zero-order valence-corrected chi connectivity index (χ0v) is 17.0. The van der Waals surface area contributed by atoms with E-state index in [9.17, 15) is 13.2 Å². The van der Waals surface area contributed by atoms with Crippen molar-refractivity contribution in [2.45, 2.75) is 30.6 Å². The van der Waals surface area contributed by atoms with Crippen LogP contribution in [0.15, 0.2) is 32.0 Å². The highest BCUT2D eigenvalue weighted by Crippen LogP contribution is 2.29. The minimum atomic E-state index is -3.52. The smallest absolute Gasteiger partial charge is 0.404 e. The van der Waals surface area contributed by atoms with Gasteiger partial charge in [0.2, 0.25) is 10.0 Å². The van der Waals surface area contributed by atoms with Gasteiger partial charge in [-0.15, -0.1) is 0 Å². The second-order valence-electron chi connectivity index (χ2n) is 6.00. The number of carbonyl (C=O) groups is 1. The molecule has 1 aliphatic rings.